The number of rotatable bonds is 9. The molecule has 0 bridgehead atoms. The molecule has 1 atom stereocenters. The molecule has 1 heterocycles. The first-order chi connectivity index (χ1) is 20.3. The summed E-state index contributed by atoms with van der Waals surface area (Å²) in [6, 6.07) is 7.59. The number of anilines is 2. The number of hydrogen-bond donors (Lipinski definition) is 1. The Morgan fingerprint density at radius 2 is 1.63 bits per heavy atom. The van der Waals surface area contributed by atoms with Gasteiger partial charge in [0.05, 0.1) is 16.6 Å². The van der Waals surface area contributed by atoms with E-state index in [1.54, 1.807) is 11.0 Å². The molecule has 1 aliphatic heterocycles. The number of amides is 1. The molecule has 8 nitrogen and oxygen atoms in total. The van der Waals surface area contributed by atoms with E-state index in [9.17, 15) is 41.3 Å². The lowest BCUT2D eigenvalue weighted by atomic mass is 9.92. The monoisotopic (exact) mass is 614 g/mol. The molecule has 2 aromatic rings. The van der Waals surface area contributed by atoms with Gasteiger partial charge in [-0.25, -0.2) is 0 Å². The number of benzene rings is 2. The highest BCUT2D eigenvalue weighted by Gasteiger charge is 2.39. The summed E-state index contributed by atoms with van der Waals surface area (Å²) < 4.78 is 84.7. The molecule has 0 radical (unpaired) electrons. The predicted octanol–water partition coefficient (Wildman–Crippen LogP) is 6.67. The molecule has 1 saturated heterocycles. The molecule has 2 aliphatic rings. The largest absolute Gasteiger partial charge is 0.423 e. The number of nitro groups is 1. The van der Waals surface area contributed by atoms with E-state index in [0.29, 0.717) is 64.0 Å². The number of hydrogen-bond acceptors (Lipinski definition) is 6. The molecule has 1 aliphatic carbocycles. The highest BCUT2D eigenvalue weighted by molar-refractivity contribution is 5.81. The summed E-state index contributed by atoms with van der Waals surface area (Å²) in [5.41, 5.74) is -2.26. The van der Waals surface area contributed by atoms with Crippen LogP contribution in [0.1, 0.15) is 43.2 Å². The number of carbonyl (C=O) groups is 1. The SMILES string of the molecule is C=CCC(OC1CCC(Nc2ccc([N+](=O)[O-])c(C(F)(F)F)c2)CC1)C(=O)N1CCN(c2ccc(C(F)(F)F)cc2)CC1. The van der Waals surface area contributed by atoms with Gasteiger partial charge < -0.3 is 19.9 Å². The predicted molar refractivity (Wildman–Crippen MR) is 148 cm³/mol. The van der Waals surface area contributed by atoms with Gasteiger partial charge in [0.25, 0.3) is 11.6 Å². The van der Waals surface area contributed by atoms with Crippen molar-refractivity contribution in [2.75, 3.05) is 36.4 Å². The molecule has 4 rings (SSSR count). The molecule has 2 aromatic carbocycles. The summed E-state index contributed by atoms with van der Waals surface area (Å²) >= 11 is 0. The van der Waals surface area contributed by atoms with E-state index in [1.807, 2.05) is 4.90 Å². The first-order valence-electron chi connectivity index (χ1n) is 13.9. The fourth-order valence-corrected chi connectivity index (χ4v) is 5.44. The molecule has 1 N–H and O–H groups in total. The van der Waals surface area contributed by atoms with Gasteiger partial charge in [-0.3, -0.25) is 14.9 Å². The second-order valence-electron chi connectivity index (χ2n) is 10.6. The van der Waals surface area contributed by atoms with Crippen LogP contribution in [0.2, 0.25) is 0 Å². The Kier molecular flexibility index (Phi) is 9.88. The molecule has 1 amide bonds. The molecular formula is C29H32F6N4O4. The Morgan fingerprint density at radius 3 is 2.16 bits per heavy atom. The Hall–Kier alpha value is -3.81. The minimum atomic E-state index is -4.87. The van der Waals surface area contributed by atoms with Crippen molar-refractivity contribution in [2.45, 2.75) is 62.7 Å². The van der Waals surface area contributed by atoms with Crippen molar-refractivity contribution >= 4 is 23.0 Å². The third kappa shape index (κ3) is 8.18. The number of nitrogens with zero attached hydrogens (tertiary/aromatic N) is 3. The molecule has 234 valence electrons. The molecule has 43 heavy (non-hydrogen) atoms. The van der Waals surface area contributed by atoms with Crippen molar-refractivity contribution in [3.05, 3.63) is 76.4 Å². The zero-order chi connectivity index (χ0) is 31.4. The fourth-order valence-electron chi connectivity index (χ4n) is 5.44. The van der Waals surface area contributed by atoms with Crippen LogP contribution in [0.4, 0.5) is 43.4 Å². The third-order valence-electron chi connectivity index (χ3n) is 7.71. The third-order valence-corrected chi connectivity index (χ3v) is 7.71. The molecule has 1 unspecified atom stereocenters. The number of ether oxygens (including phenoxy) is 1. The molecule has 2 fully saturated rings. The van der Waals surface area contributed by atoms with Crippen LogP contribution in [0.5, 0.6) is 0 Å². The first kappa shape index (κ1) is 32.1. The lowest BCUT2D eigenvalue weighted by Crippen LogP contribution is -2.52. The van der Waals surface area contributed by atoms with Gasteiger partial charge in [-0.15, -0.1) is 6.58 Å². The summed E-state index contributed by atoms with van der Waals surface area (Å²) in [6.07, 6.45) is -6.16. The van der Waals surface area contributed by atoms with Crippen molar-refractivity contribution in [2.24, 2.45) is 0 Å². The summed E-state index contributed by atoms with van der Waals surface area (Å²) in [5, 5.41) is 14.0. The van der Waals surface area contributed by atoms with E-state index >= 15 is 0 Å². The zero-order valence-corrected chi connectivity index (χ0v) is 23.2. The molecular weight excluding hydrogens is 582 g/mol. The standard InChI is InChI=1S/C29H32F6N4O4/c1-2-3-26(27(40)38-16-14-37(15-17-38)22-9-4-19(5-10-22)28(30,31)32)43-23-11-6-20(7-12-23)36-21-8-13-25(39(41)42)24(18-21)29(33,34)35/h2,4-5,8-10,13,18,20,23,26,36H,1,3,6-7,11-12,14-17H2. The number of halogens is 6. The summed E-state index contributed by atoms with van der Waals surface area (Å²) in [6.45, 7) is 5.38. The van der Waals surface area contributed by atoms with E-state index in [2.05, 4.69) is 11.9 Å². The average Bonchev–Trinajstić information content (AvgIpc) is 2.96. The number of nitro benzene ring substituents is 1. The first-order valence-corrected chi connectivity index (χ1v) is 13.9. The van der Waals surface area contributed by atoms with E-state index in [-0.39, 0.29) is 23.7 Å². The summed E-state index contributed by atoms with van der Waals surface area (Å²) in [4.78, 5) is 26.9. The Balaban J connectivity index is 1.28. The maximum absolute atomic E-state index is 13.3. The molecule has 1 saturated carbocycles. The van der Waals surface area contributed by atoms with E-state index in [4.69, 9.17) is 4.74 Å². The Bertz CT molecular complexity index is 1290. The van der Waals surface area contributed by atoms with Gasteiger partial charge in [0, 0.05) is 56.1 Å². The second-order valence-corrected chi connectivity index (χ2v) is 10.6. The maximum atomic E-state index is 13.3. The average molecular weight is 615 g/mol. The maximum Gasteiger partial charge on any atom is 0.423 e. The smallest absolute Gasteiger partial charge is 0.382 e. The van der Waals surface area contributed by atoms with Crippen LogP contribution in [0, 0.1) is 10.1 Å². The molecule has 0 spiro atoms. The lowest BCUT2D eigenvalue weighted by Gasteiger charge is -2.38. The van der Waals surface area contributed by atoms with E-state index < -0.39 is 40.2 Å². The van der Waals surface area contributed by atoms with Crippen molar-refractivity contribution in [1.29, 1.82) is 0 Å². The Labute approximate surface area is 244 Å². The minimum Gasteiger partial charge on any atom is -0.382 e. The Morgan fingerprint density at radius 1 is 1.00 bits per heavy atom. The summed E-state index contributed by atoms with van der Waals surface area (Å²) in [7, 11) is 0. The van der Waals surface area contributed by atoms with Crippen molar-refractivity contribution in [3.8, 4) is 0 Å². The highest BCUT2D eigenvalue weighted by Crippen LogP contribution is 2.38. The second kappa shape index (κ2) is 13.2. The number of carbonyl (C=O) groups excluding carboxylic acids is 1. The molecule has 14 heteroatoms. The quantitative estimate of drug-likeness (QED) is 0.147. The normalized spacial score (nSPS) is 20.4. The van der Waals surface area contributed by atoms with Gasteiger partial charge in [0.1, 0.15) is 11.7 Å². The van der Waals surface area contributed by atoms with Gasteiger partial charge in [0.2, 0.25) is 0 Å². The number of nitrogens with one attached hydrogen (secondary N) is 1. The lowest BCUT2D eigenvalue weighted by molar-refractivity contribution is -0.388. The van der Waals surface area contributed by atoms with E-state index in [0.717, 1.165) is 24.3 Å². The van der Waals surface area contributed by atoms with Crippen LogP contribution in [0.15, 0.2) is 55.1 Å². The topological polar surface area (TPSA) is 87.9 Å². The van der Waals surface area contributed by atoms with Crippen LogP contribution in [0.25, 0.3) is 0 Å². The van der Waals surface area contributed by atoms with Gasteiger partial charge in [-0.1, -0.05) is 6.08 Å². The van der Waals surface area contributed by atoms with Gasteiger partial charge in [0.15, 0.2) is 0 Å². The van der Waals surface area contributed by atoms with Crippen molar-refractivity contribution in [1.82, 2.24) is 4.90 Å². The number of piperazine rings is 1. The van der Waals surface area contributed by atoms with Crippen LogP contribution in [0.3, 0.4) is 0 Å². The van der Waals surface area contributed by atoms with Crippen LogP contribution >= 0.6 is 0 Å². The zero-order valence-electron chi connectivity index (χ0n) is 23.2. The highest BCUT2D eigenvalue weighted by atomic mass is 19.4. The van der Waals surface area contributed by atoms with Crippen LogP contribution in [-0.2, 0) is 21.9 Å². The van der Waals surface area contributed by atoms with Gasteiger partial charge in [-0.2, -0.15) is 26.3 Å². The molecule has 0 aromatic heterocycles. The van der Waals surface area contributed by atoms with Crippen molar-refractivity contribution in [3.63, 3.8) is 0 Å². The van der Waals surface area contributed by atoms with E-state index in [1.165, 1.54) is 18.2 Å². The van der Waals surface area contributed by atoms with Crippen LogP contribution < -0.4 is 10.2 Å². The summed E-state index contributed by atoms with van der Waals surface area (Å²) in [5.74, 6) is -0.197. The van der Waals surface area contributed by atoms with Crippen LogP contribution in [-0.4, -0.2) is 60.2 Å². The fraction of sp³-hybridized carbons (Fsp3) is 0.483. The minimum absolute atomic E-state index is 0.137. The van der Waals surface area contributed by atoms with Gasteiger partial charge in [-0.05, 0) is 62.1 Å². The number of alkyl halides is 6. The van der Waals surface area contributed by atoms with Gasteiger partial charge >= 0.3 is 12.4 Å². The van der Waals surface area contributed by atoms with Crippen molar-refractivity contribution < 1.29 is 40.8 Å².